The number of imide groups is 1. The number of rotatable bonds is 2. The van der Waals surface area contributed by atoms with Gasteiger partial charge in [0.25, 0.3) is 5.91 Å². The van der Waals surface area contributed by atoms with Crippen LogP contribution in [-0.4, -0.2) is 46.9 Å². The first-order valence-corrected chi connectivity index (χ1v) is 8.57. The van der Waals surface area contributed by atoms with Gasteiger partial charge in [0.15, 0.2) is 0 Å². The van der Waals surface area contributed by atoms with Gasteiger partial charge in [0.05, 0.1) is 5.54 Å². The molecule has 136 valence electrons. The Balaban J connectivity index is 0.00000208. The SMILES string of the molecule is CC1(C2CCN(C(=O)C3(N)CCCCC3)CC2)NC(=O)NC1=O.Cl. The molecule has 1 unspecified atom stereocenters. The number of amides is 4. The topological polar surface area (TPSA) is 105 Å². The van der Waals surface area contributed by atoms with Crippen molar-refractivity contribution < 1.29 is 14.4 Å². The highest BCUT2D eigenvalue weighted by Crippen LogP contribution is 2.33. The number of nitrogens with one attached hydrogen (secondary N) is 2. The van der Waals surface area contributed by atoms with Gasteiger partial charge in [0.1, 0.15) is 5.54 Å². The molecule has 2 saturated heterocycles. The third kappa shape index (κ3) is 3.24. The summed E-state index contributed by atoms with van der Waals surface area (Å²) in [5.74, 6) is -0.173. The summed E-state index contributed by atoms with van der Waals surface area (Å²) in [6.07, 6.45) is 6.12. The van der Waals surface area contributed by atoms with Gasteiger partial charge in [-0.3, -0.25) is 14.9 Å². The predicted molar refractivity (Wildman–Crippen MR) is 91.6 cm³/mol. The number of carbonyl (C=O) groups excluding carboxylic acids is 3. The van der Waals surface area contributed by atoms with Gasteiger partial charge in [-0.2, -0.15) is 0 Å². The summed E-state index contributed by atoms with van der Waals surface area (Å²) in [5, 5.41) is 5.04. The quantitative estimate of drug-likeness (QED) is 0.638. The van der Waals surface area contributed by atoms with Gasteiger partial charge >= 0.3 is 6.03 Å². The van der Waals surface area contributed by atoms with Crippen molar-refractivity contribution in [1.29, 1.82) is 0 Å². The Morgan fingerprint density at radius 3 is 2.25 bits per heavy atom. The van der Waals surface area contributed by atoms with Crippen LogP contribution in [0.2, 0.25) is 0 Å². The van der Waals surface area contributed by atoms with Crippen LogP contribution in [0.15, 0.2) is 0 Å². The number of halogens is 1. The molecule has 0 bridgehead atoms. The second-order valence-corrected chi connectivity index (χ2v) is 7.39. The van der Waals surface area contributed by atoms with E-state index in [9.17, 15) is 14.4 Å². The molecule has 0 aromatic rings. The van der Waals surface area contributed by atoms with Crippen LogP contribution in [0.3, 0.4) is 0 Å². The van der Waals surface area contributed by atoms with E-state index >= 15 is 0 Å². The zero-order chi connectivity index (χ0) is 16.7. The van der Waals surface area contributed by atoms with Gasteiger partial charge in [-0.05, 0) is 38.5 Å². The van der Waals surface area contributed by atoms with Gasteiger partial charge < -0.3 is 16.0 Å². The molecular weight excluding hydrogens is 332 g/mol. The maximum absolute atomic E-state index is 12.8. The molecule has 7 nitrogen and oxygen atoms in total. The minimum Gasteiger partial charge on any atom is -0.341 e. The summed E-state index contributed by atoms with van der Waals surface area (Å²) in [6, 6.07) is -0.431. The van der Waals surface area contributed by atoms with Crippen molar-refractivity contribution in [3.8, 4) is 0 Å². The molecule has 8 heteroatoms. The Morgan fingerprint density at radius 1 is 1.17 bits per heavy atom. The van der Waals surface area contributed by atoms with Crippen LogP contribution in [0.4, 0.5) is 4.79 Å². The number of hydrogen-bond acceptors (Lipinski definition) is 4. The van der Waals surface area contributed by atoms with E-state index in [-0.39, 0.29) is 30.1 Å². The summed E-state index contributed by atoms with van der Waals surface area (Å²) in [6.45, 7) is 2.96. The Kier molecular flexibility index (Phi) is 5.44. The molecule has 4 amide bonds. The molecule has 0 radical (unpaired) electrons. The van der Waals surface area contributed by atoms with Crippen LogP contribution in [0.25, 0.3) is 0 Å². The first-order valence-electron chi connectivity index (χ1n) is 8.57. The minimum absolute atomic E-state index is 0. The molecule has 1 atom stereocenters. The summed E-state index contributed by atoms with van der Waals surface area (Å²) >= 11 is 0. The van der Waals surface area contributed by atoms with E-state index in [2.05, 4.69) is 10.6 Å². The summed E-state index contributed by atoms with van der Waals surface area (Å²) in [5.41, 5.74) is 4.78. The Bertz CT molecular complexity index is 527. The second kappa shape index (κ2) is 6.88. The molecule has 2 heterocycles. The van der Waals surface area contributed by atoms with Crippen LogP contribution in [0.1, 0.15) is 51.9 Å². The average molecular weight is 359 g/mol. The lowest BCUT2D eigenvalue weighted by molar-refractivity contribution is -0.140. The van der Waals surface area contributed by atoms with Crippen molar-refractivity contribution in [3.63, 3.8) is 0 Å². The standard InChI is InChI=1S/C16H26N4O3.ClH/c1-15(12(21)18-14(23)19-15)11-5-9-20(10-6-11)13(22)16(17)7-3-2-4-8-16;/h11H,2-10,17H2,1H3,(H2,18,19,21,23);1H. The average Bonchev–Trinajstić information content (AvgIpc) is 2.81. The molecule has 1 saturated carbocycles. The van der Waals surface area contributed by atoms with E-state index in [1.807, 2.05) is 4.90 Å². The van der Waals surface area contributed by atoms with E-state index in [1.54, 1.807) is 6.92 Å². The third-order valence-electron chi connectivity index (χ3n) is 5.84. The largest absolute Gasteiger partial charge is 0.341 e. The van der Waals surface area contributed by atoms with Crippen molar-refractivity contribution in [3.05, 3.63) is 0 Å². The fraction of sp³-hybridized carbons (Fsp3) is 0.812. The number of hydrogen-bond donors (Lipinski definition) is 3. The predicted octanol–water partition coefficient (Wildman–Crippen LogP) is 0.907. The summed E-state index contributed by atoms with van der Waals surface area (Å²) < 4.78 is 0. The number of urea groups is 1. The second-order valence-electron chi connectivity index (χ2n) is 7.39. The normalized spacial score (nSPS) is 30.3. The van der Waals surface area contributed by atoms with Gasteiger partial charge in [0, 0.05) is 13.1 Å². The van der Waals surface area contributed by atoms with E-state index < -0.39 is 17.1 Å². The smallest absolute Gasteiger partial charge is 0.322 e. The van der Waals surface area contributed by atoms with Crippen molar-refractivity contribution in [2.75, 3.05) is 13.1 Å². The molecule has 1 aliphatic carbocycles. The highest BCUT2D eigenvalue weighted by Gasteiger charge is 2.49. The monoisotopic (exact) mass is 358 g/mol. The number of nitrogens with two attached hydrogens (primary N) is 1. The number of piperidine rings is 1. The minimum atomic E-state index is -0.864. The first-order chi connectivity index (χ1) is 10.8. The van der Waals surface area contributed by atoms with Crippen LogP contribution in [0, 0.1) is 5.92 Å². The molecule has 0 spiro atoms. The third-order valence-corrected chi connectivity index (χ3v) is 5.84. The zero-order valence-corrected chi connectivity index (χ0v) is 14.9. The van der Waals surface area contributed by atoms with Gasteiger partial charge in [-0.15, -0.1) is 12.4 Å². The molecule has 24 heavy (non-hydrogen) atoms. The molecule has 0 aromatic carbocycles. The van der Waals surface area contributed by atoms with Crippen molar-refractivity contribution >= 4 is 30.3 Å². The van der Waals surface area contributed by atoms with Crippen LogP contribution in [0.5, 0.6) is 0 Å². The van der Waals surface area contributed by atoms with Crippen molar-refractivity contribution in [2.24, 2.45) is 11.7 Å². The first kappa shape index (κ1) is 19.0. The van der Waals surface area contributed by atoms with Crippen LogP contribution >= 0.6 is 12.4 Å². The van der Waals surface area contributed by atoms with E-state index in [0.717, 1.165) is 32.1 Å². The fourth-order valence-electron chi connectivity index (χ4n) is 4.22. The molecule has 3 rings (SSSR count). The van der Waals surface area contributed by atoms with E-state index in [0.29, 0.717) is 25.9 Å². The summed E-state index contributed by atoms with van der Waals surface area (Å²) in [4.78, 5) is 38.0. The number of likely N-dealkylation sites (tertiary alicyclic amines) is 1. The van der Waals surface area contributed by atoms with Crippen molar-refractivity contribution in [1.82, 2.24) is 15.5 Å². The molecule has 3 fully saturated rings. The Labute approximate surface area is 148 Å². The number of carbonyl (C=O) groups is 3. The fourth-order valence-corrected chi connectivity index (χ4v) is 4.22. The van der Waals surface area contributed by atoms with E-state index in [1.165, 1.54) is 0 Å². The molecule has 4 N–H and O–H groups in total. The van der Waals surface area contributed by atoms with Gasteiger partial charge in [-0.25, -0.2) is 4.79 Å². The molecular formula is C16H27ClN4O3. The van der Waals surface area contributed by atoms with Crippen molar-refractivity contribution in [2.45, 2.75) is 62.9 Å². The summed E-state index contributed by atoms with van der Waals surface area (Å²) in [7, 11) is 0. The lowest BCUT2D eigenvalue weighted by Gasteiger charge is -2.42. The van der Waals surface area contributed by atoms with E-state index in [4.69, 9.17) is 5.73 Å². The van der Waals surface area contributed by atoms with Gasteiger partial charge in [-0.1, -0.05) is 19.3 Å². The number of nitrogens with zero attached hydrogens (tertiary/aromatic N) is 1. The van der Waals surface area contributed by atoms with Crippen LogP contribution in [-0.2, 0) is 9.59 Å². The zero-order valence-electron chi connectivity index (χ0n) is 14.1. The lowest BCUT2D eigenvalue weighted by Crippen LogP contribution is -2.59. The molecule has 2 aliphatic heterocycles. The highest BCUT2D eigenvalue weighted by atomic mass is 35.5. The Morgan fingerprint density at radius 2 is 1.75 bits per heavy atom. The lowest BCUT2D eigenvalue weighted by atomic mass is 9.77. The Hall–Kier alpha value is -1.34. The molecule has 0 aromatic heterocycles. The molecule has 3 aliphatic rings. The van der Waals surface area contributed by atoms with Crippen LogP contribution < -0.4 is 16.4 Å². The highest BCUT2D eigenvalue weighted by molar-refractivity contribution is 6.07. The maximum Gasteiger partial charge on any atom is 0.322 e. The van der Waals surface area contributed by atoms with Gasteiger partial charge in [0.2, 0.25) is 5.91 Å². The maximum atomic E-state index is 12.8.